The maximum atomic E-state index is 12.0. The highest BCUT2D eigenvalue weighted by Gasteiger charge is 2.36. The minimum atomic E-state index is -0.373. The van der Waals surface area contributed by atoms with Gasteiger partial charge in [0, 0.05) is 24.3 Å². The van der Waals surface area contributed by atoms with E-state index in [4.69, 9.17) is 0 Å². The van der Waals surface area contributed by atoms with E-state index in [1.807, 2.05) is 30.3 Å². The van der Waals surface area contributed by atoms with Crippen LogP contribution in [0.4, 0.5) is 0 Å². The minimum absolute atomic E-state index is 0.224. The Bertz CT molecular complexity index is 916. The molecule has 0 unspecified atom stereocenters. The number of nitrogens with zero attached hydrogens (tertiary/aromatic N) is 2. The van der Waals surface area contributed by atoms with Crippen LogP contribution in [-0.2, 0) is 12.0 Å². The van der Waals surface area contributed by atoms with Crippen molar-refractivity contribution in [3.05, 3.63) is 68.5 Å². The number of aromatic amines is 1. The van der Waals surface area contributed by atoms with Gasteiger partial charge in [-0.15, -0.1) is 0 Å². The first-order valence-electron chi connectivity index (χ1n) is 9.55. The number of hydrogen-bond donors (Lipinski definition) is 2. The molecule has 6 nitrogen and oxygen atoms in total. The Kier molecular flexibility index (Phi) is 5.92. The average Bonchev–Trinajstić information content (AvgIpc) is 2.71. The zero-order valence-corrected chi connectivity index (χ0v) is 15.7. The van der Waals surface area contributed by atoms with E-state index in [0.29, 0.717) is 24.6 Å². The minimum Gasteiger partial charge on any atom is -0.314 e. The lowest BCUT2D eigenvalue weighted by molar-refractivity contribution is 0.294. The molecule has 1 aliphatic carbocycles. The van der Waals surface area contributed by atoms with Gasteiger partial charge in [-0.1, -0.05) is 30.3 Å². The van der Waals surface area contributed by atoms with Crippen molar-refractivity contribution in [2.45, 2.75) is 57.0 Å². The summed E-state index contributed by atoms with van der Waals surface area (Å²) in [7, 11) is 0. The predicted octanol–water partition coefficient (Wildman–Crippen LogP) is 2.23. The van der Waals surface area contributed by atoms with Crippen LogP contribution in [0.1, 0.15) is 43.2 Å². The summed E-state index contributed by atoms with van der Waals surface area (Å²) in [6, 6.07) is 13.0. The maximum Gasteiger partial charge on any atom is 0.328 e. The Hall–Kier alpha value is -2.65. The summed E-state index contributed by atoms with van der Waals surface area (Å²) < 4.78 is 1.26. The second-order valence-corrected chi connectivity index (χ2v) is 7.38. The van der Waals surface area contributed by atoms with E-state index in [-0.39, 0.29) is 16.7 Å². The van der Waals surface area contributed by atoms with E-state index < -0.39 is 0 Å². The monoisotopic (exact) mass is 366 g/mol. The van der Waals surface area contributed by atoms with Crippen molar-refractivity contribution in [1.29, 1.82) is 5.26 Å². The summed E-state index contributed by atoms with van der Waals surface area (Å²) in [6.45, 7) is 2.85. The lowest BCUT2D eigenvalue weighted by atomic mass is 9.69. The molecule has 2 aromatic rings. The van der Waals surface area contributed by atoms with Crippen LogP contribution in [-0.4, -0.2) is 22.1 Å². The van der Waals surface area contributed by atoms with Gasteiger partial charge in [0.05, 0.1) is 11.5 Å². The molecule has 3 rings (SSSR count). The highest BCUT2D eigenvalue weighted by molar-refractivity contribution is 5.33. The molecule has 6 heteroatoms. The highest BCUT2D eigenvalue weighted by atomic mass is 16.2. The summed E-state index contributed by atoms with van der Waals surface area (Å²) in [5.41, 5.74) is 0.706. The van der Waals surface area contributed by atoms with Crippen LogP contribution in [0.5, 0.6) is 0 Å². The third-order valence-electron chi connectivity index (χ3n) is 5.61. The van der Waals surface area contributed by atoms with E-state index in [1.54, 1.807) is 6.92 Å². The number of aryl methyl sites for hydroxylation is 1. The number of H-pyrrole nitrogens is 1. The fourth-order valence-electron chi connectivity index (χ4n) is 3.90. The molecular formula is C21H26N4O2. The van der Waals surface area contributed by atoms with E-state index in [0.717, 1.165) is 37.8 Å². The van der Waals surface area contributed by atoms with Gasteiger partial charge in [0.2, 0.25) is 0 Å². The van der Waals surface area contributed by atoms with Gasteiger partial charge in [-0.05, 0) is 51.1 Å². The first-order valence-corrected chi connectivity index (χ1v) is 9.55. The quantitative estimate of drug-likeness (QED) is 0.767. The Balaban J connectivity index is 1.49. The molecule has 1 saturated carbocycles. The number of nitrogens with one attached hydrogen (secondary N) is 2. The molecule has 1 heterocycles. The second kappa shape index (κ2) is 8.36. The molecule has 0 amide bonds. The van der Waals surface area contributed by atoms with Gasteiger partial charge >= 0.3 is 5.69 Å². The average molecular weight is 366 g/mol. The maximum absolute atomic E-state index is 12.0. The molecule has 0 atom stereocenters. The molecule has 1 aromatic carbocycles. The topological polar surface area (TPSA) is 90.7 Å². The summed E-state index contributed by atoms with van der Waals surface area (Å²) in [4.78, 5) is 26.4. The third-order valence-corrected chi connectivity index (χ3v) is 5.61. The molecule has 142 valence electrons. The smallest absolute Gasteiger partial charge is 0.314 e. The lowest BCUT2D eigenvalue weighted by Gasteiger charge is -2.35. The van der Waals surface area contributed by atoms with Crippen molar-refractivity contribution in [2.75, 3.05) is 6.54 Å². The zero-order chi connectivity index (χ0) is 19.3. The fraction of sp³-hybridized carbons (Fsp3) is 0.476. The molecule has 1 aromatic heterocycles. The van der Waals surface area contributed by atoms with Crippen molar-refractivity contribution in [3.8, 4) is 6.07 Å². The Morgan fingerprint density at radius 1 is 1.26 bits per heavy atom. The van der Waals surface area contributed by atoms with Gasteiger partial charge < -0.3 is 10.3 Å². The Labute approximate surface area is 158 Å². The number of benzene rings is 1. The lowest BCUT2D eigenvalue weighted by Crippen LogP contribution is -2.40. The molecule has 0 aliphatic heterocycles. The Morgan fingerprint density at radius 3 is 2.63 bits per heavy atom. The van der Waals surface area contributed by atoms with Crippen molar-refractivity contribution in [2.24, 2.45) is 0 Å². The first kappa shape index (κ1) is 19.1. The SMILES string of the molecule is Cc1c[nH]c(=O)n(CCCN[C@H]2CC[C@@](C#N)(c3ccccc3)CC2)c1=O. The van der Waals surface area contributed by atoms with Crippen LogP contribution in [0, 0.1) is 18.3 Å². The van der Waals surface area contributed by atoms with Crippen LogP contribution in [0.3, 0.4) is 0 Å². The summed E-state index contributed by atoms with van der Waals surface area (Å²) in [6.07, 6.45) is 5.77. The molecule has 0 saturated heterocycles. The third kappa shape index (κ3) is 4.20. The van der Waals surface area contributed by atoms with E-state index in [1.165, 1.54) is 10.8 Å². The summed E-state index contributed by atoms with van der Waals surface area (Å²) in [5, 5.41) is 13.3. The molecule has 27 heavy (non-hydrogen) atoms. The van der Waals surface area contributed by atoms with Crippen LogP contribution >= 0.6 is 0 Å². The van der Waals surface area contributed by atoms with Crippen LogP contribution in [0.15, 0.2) is 46.1 Å². The van der Waals surface area contributed by atoms with Crippen molar-refractivity contribution < 1.29 is 0 Å². The van der Waals surface area contributed by atoms with Crippen molar-refractivity contribution in [1.82, 2.24) is 14.9 Å². The summed E-state index contributed by atoms with van der Waals surface area (Å²) >= 11 is 0. The van der Waals surface area contributed by atoms with Crippen LogP contribution < -0.4 is 16.6 Å². The molecule has 1 aliphatic rings. The zero-order valence-electron chi connectivity index (χ0n) is 15.7. The normalized spacial score (nSPS) is 22.3. The number of aromatic nitrogens is 2. The van der Waals surface area contributed by atoms with Gasteiger partial charge in [-0.2, -0.15) is 5.26 Å². The van der Waals surface area contributed by atoms with Crippen molar-refractivity contribution in [3.63, 3.8) is 0 Å². The van der Waals surface area contributed by atoms with Gasteiger partial charge in [-0.25, -0.2) is 4.79 Å². The summed E-state index contributed by atoms with van der Waals surface area (Å²) in [5.74, 6) is 0. The predicted molar refractivity (Wildman–Crippen MR) is 105 cm³/mol. The molecule has 0 spiro atoms. The largest absolute Gasteiger partial charge is 0.328 e. The second-order valence-electron chi connectivity index (χ2n) is 7.38. The Morgan fingerprint density at radius 2 is 1.96 bits per heavy atom. The fourth-order valence-corrected chi connectivity index (χ4v) is 3.90. The van der Waals surface area contributed by atoms with Crippen LogP contribution in [0.2, 0.25) is 0 Å². The molecule has 0 bridgehead atoms. The molecular weight excluding hydrogens is 340 g/mol. The first-order chi connectivity index (χ1) is 13.1. The number of hydrogen-bond acceptors (Lipinski definition) is 4. The standard InChI is InChI=1S/C21H26N4O2/c1-16-14-24-20(27)25(19(16)26)13-5-12-23-18-8-10-21(15-22,11-9-18)17-6-3-2-4-7-17/h2-4,6-7,14,18,23H,5,8-13H2,1H3,(H,24,27)/t18-,21+. The highest BCUT2D eigenvalue weighted by Crippen LogP contribution is 2.38. The molecule has 0 radical (unpaired) electrons. The number of rotatable bonds is 6. The molecule has 1 fully saturated rings. The van der Waals surface area contributed by atoms with E-state index in [2.05, 4.69) is 16.4 Å². The van der Waals surface area contributed by atoms with Gasteiger partial charge in [0.1, 0.15) is 0 Å². The van der Waals surface area contributed by atoms with Crippen molar-refractivity contribution >= 4 is 0 Å². The van der Waals surface area contributed by atoms with E-state index in [9.17, 15) is 14.9 Å². The molecule has 2 N–H and O–H groups in total. The van der Waals surface area contributed by atoms with Gasteiger partial charge in [0.15, 0.2) is 0 Å². The van der Waals surface area contributed by atoms with Crippen LogP contribution in [0.25, 0.3) is 0 Å². The number of nitriles is 1. The van der Waals surface area contributed by atoms with Gasteiger partial charge in [-0.3, -0.25) is 9.36 Å². The van der Waals surface area contributed by atoms with E-state index >= 15 is 0 Å². The van der Waals surface area contributed by atoms with Gasteiger partial charge in [0.25, 0.3) is 5.56 Å².